The molecule has 20 heavy (non-hydrogen) atoms. The molecule has 0 aliphatic carbocycles. The summed E-state index contributed by atoms with van der Waals surface area (Å²) in [5.74, 6) is 1.72. The van der Waals surface area contributed by atoms with Gasteiger partial charge in [-0.1, -0.05) is 38.8 Å². The van der Waals surface area contributed by atoms with Crippen LogP contribution < -0.4 is 4.74 Å². The van der Waals surface area contributed by atoms with Crippen LogP contribution in [-0.2, 0) is 13.0 Å². The predicted octanol–water partition coefficient (Wildman–Crippen LogP) is 4.64. The lowest BCUT2D eigenvalue weighted by molar-refractivity contribution is 0.306. The molecular formula is C18H23NO. The van der Waals surface area contributed by atoms with Crippen LogP contribution in [0.5, 0.6) is 5.75 Å². The van der Waals surface area contributed by atoms with Crippen molar-refractivity contribution in [2.75, 3.05) is 0 Å². The zero-order chi connectivity index (χ0) is 14.2. The minimum absolute atomic E-state index is 0.592. The van der Waals surface area contributed by atoms with E-state index in [0.29, 0.717) is 6.61 Å². The molecule has 2 rings (SSSR count). The summed E-state index contributed by atoms with van der Waals surface area (Å²) in [7, 11) is 0. The third-order valence-corrected chi connectivity index (χ3v) is 3.76. The smallest absolute Gasteiger partial charge is 0.119 e. The average Bonchev–Trinajstić information content (AvgIpc) is 2.53. The van der Waals surface area contributed by atoms with E-state index in [1.54, 1.807) is 12.4 Å². The highest BCUT2D eigenvalue weighted by molar-refractivity contribution is 5.28. The van der Waals surface area contributed by atoms with E-state index in [1.807, 2.05) is 12.1 Å². The van der Waals surface area contributed by atoms with Gasteiger partial charge in [0.25, 0.3) is 0 Å². The first-order valence-electron chi connectivity index (χ1n) is 7.42. The maximum atomic E-state index is 5.78. The second-order valence-electron chi connectivity index (χ2n) is 5.17. The quantitative estimate of drug-likeness (QED) is 0.730. The van der Waals surface area contributed by atoms with E-state index in [-0.39, 0.29) is 0 Å². The molecule has 1 aromatic carbocycles. The van der Waals surface area contributed by atoms with Crippen molar-refractivity contribution in [1.29, 1.82) is 0 Å². The number of ether oxygens (including phenoxy) is 1. The van der Waals surface area contributed by atoms with Crippen molar-refractivity contribution in [1.82, 2.24) is 4.98 Å². The lowest BCUT2D eigenvalue weighted by atomic mass is 9.95. The molecule has 2 heteroatoms. The van der Waals surface area contributed by atoms with Crippen LogP contribution in [0.4, 0.5) is 0 Å². The third-order valence-electron chi connectivity index (χ3n) is 3.76. The number of aromatic nitrogens is 1. The largest absolute Gasteiger partial charge is 0.489 e. The fraction of sp³-hybridized carbons (Fsp3) is 0.389. The van der Waals surface area contributed by atoms with Crippen LogP contribution in [-0.4, -0.2) is 4.98 Å². The van der Waals surface area contributed by atoms with Gasteiger partial charge in [-0.15, -0.1) is 0 Å². The molecule has 1 aromatic heterocycles. The van der Waals surface area contributed by atoms with Gasteiger partial charge in [0, 0.05) is 12.4 Å². The van der Waals surface area contributed by atoms with Crippen molar-refractivity contribution < 1.29 is 4.74 Å². The highest BCUT2D eigenvalue weighted by Crippen LogP contribution is 2.19. The summed E-state index contributed by atoms with van der Waals surface area (Å²) in [5.41, 5.74) is 2.54. The van der Waals surface area contributed by atoms with E-state index >= 15 is 0 Å². The molecule has 0 atom stereocenters. The SMILES string of the molecule is CCC(CC)Cc1ccc(OCc2ccncc2)cc1. The zero-order valence-electron chi connectivity index (χ0n) is 12.4. The Bertz CT molecular complexity index is 489. The maximum Gasteiger partial charge on any atom is 0.119 e. The monoisotopic (exact) mass is 269 g/mol. The molecule has 0 saturated heterocycles. The second kappa shape index (κ2) is 7.68. The van der Waals surface area contributed by atoms with E-state index in [4.69, 9.17) is 4.74 Å². The normalized spacial score (nSPS) is 10.8. The number of nitrogens with zero attached hydrogens (tertiary/aromatic N) is 1. The van der Waals surface area contributed by atoms with Crippen LogP contribution in [0.3, 0.4) is 0 Å². The Kier molecular flexibility index (Phi) is 5.60. The highest BCUT2D eigenvalue weighted by atomic mass is 16.5. The van der Waals surface area contributed by atoms with Crippen molar-refractivity contribution in [2.45, 2.75) is 39.7 Å². The third kappa shape index (κ3) is 4.37. The van der Waals surface area contributed by atoms with Gasteiger partial charge in [-0.05, 0) is 47.7 Å². The van der Waals surface area contributed by atoms with Crippen molar-refractivity contribution in [2.24, 2.45) is 5.92 Å². The highest BCUT2D eigenvalue weighted by Gasteiger charge is 2.05. The lowest BCUT2D eigenvalue weighted by Gasteiger charge is -2.12. The van der Waals surface area contributed by atoms with Gasteiger partial charge < -0.3 is 4.74 Å². The fourth-order valence-corrected chi connectivity index (χ4v) is 2.28. The molecule has 0 N–H and O–H groups in total. The number of hydrogen-bond acceptors (Lipinski definition) is 2. The van der Waals surface area contributed by atoms with E-state index in [9.17, 15) is 0 Å². The Balaban J connectivity index is 1.88. The van der Waals surface area contributed by atoms with Crippen molar-refractivity contribution in [3.05, 3.63) is 59.9 Å². The summed E-state index contributed by atoms with van der Waals surface area (Å²) in [6, 6.07) is 12.4. The molecule has 0 saturated carbocycles. The topological polar surface area (TPSA) is 22.1 Å². The van der Waals surface area contributed by atoms with E-state index in [2.05, 4.69) is 43.1 Å². The van der Waals surface area contributed by atoms with Gasteiger partial charge >= 0.3 is 0 Å². The van der Waals surface area contributed by atoms with Gasteiger partial charge in [0.2, 0.25) is 0 Å². The van der Waals surface area contributed by atoms with E-state index in [1.165, 1.54) is 18.4 Å². The summed E-state index contributed by atoms with van der Waals surface area (Å²) in [5, 5.41) is 0. The summed E-state index contributed by atoms with van der Waals surface area (Å²) in [6.45, 7) is 5.12. The van der Waals surface area contributed by atoms with Gasteiger partial charge in [-0.25, -0.2) is 0 Å². The van der Waals surface area contributed by atoms with Gasteiger partial charge in [0.05, 0.1) is 0 Å². The molecule has 0 aliphatic heterocycles. The minimum Gasteiger partial charge on any atom is -0.489 e. The molecule has 1 heterocycles. The van der Waals surface area contributed by atoms with Gasteiger partial charge in [-0.3, -0.25) is 4.98 Å². The molecule has 2 nitrogen and oxygen atoms in total. The molecule has 0 radical (unpaired) electrons. The van der Waals surface area contributed by atoms with Gasteiger partial charge in [0.15, 0.2) is 0 Å². The van der Waals surface area contributed by atoms with Crippen LogP contribution in [0.2, 0.25) is 0 Å². The molecule has 2 aromatic rings. The lowest BCUT2D eigenvalue weighted by Crippen LogP contribution is -2.01. The van der Waals surface area contributed by atoms with Crippen LogP contribution in [0.25, 0.3) is 0 Å². The standard InChI is InChI=1S/C18H23NO/c1-3-15(4-2)13-16-5-7-18(8-6-16)20-14-17-9-11-19-12-10-17/h5-12,15H,3-4,13-14H2,1-2H3. The summed E-state index contributed by atoms with van der Waals surface area (Å²) in [4.78, 5) is 4.00. The first-order chi connectivity index (χ1) is 9.81. The predicted molar refractivity (Wildman–Crippen MR) is 82.8 cm³/mol. The van der Waals surface area contributed by atoms with Crippen molar-refractivity contribution in [3.8, 4) is 5.75 Å². The first kappa shape index (κ1) is 14.6. The van der Waals surface area contributed by atoms with Gasteiger partial charge in [0.1, 0.15) is 12.4 Å². The van der Waals surface area contributed by atoms with Crippen LogP contribution >= 0.6 is 0 Å². The molecule has 106 valence electrons. The van der Waals surface area contributed by atoms with E-state index < -0.39 is 0 Å². The molecule has 0 unspecified atom stereocenters. The van der Waals surface area contributed by atoms with Crippen LogP contribution in [0, 0.1) is 5.92 Å². The summed E-state index contributed by atoms with van der Waals surface area (Å²) < 4.78 is 5.78. The fourth-order valence-electron chi connectivity index (χ4n) is 2.28. The van der Waals surface area contributed by atoms with E-state index in [0.717, 1.165) is 23.7 Å². The number of pyridine rings is 1. The Morgan fingerprint density at radius 3 is 2.15 bits per heavy atom. The average molecular weight is 269 g/mol. The Hall–Kier alpha value is -1.83. The summed E-state index contributed by atoms with van der Waals surface area (Å²) >= 11 is 0. The van der Waals surface area contributed by atoms with Crippen molar-refractivity contribution in [3.63, 3.8) is 0 Å². The number of hydrogen-bond donors (Lipinski definition) is 0. The zero-order valence-corrected chi connectivity index (χ0v) is 12.4. The minimum atomic E-state index is 0.592. The Labute approximate surface area is 121 Å². The number of rotatable bonds is 7. The van der Waals surface area contributed by atoms with Crippen LogP contribution in [0.15, 0.2) is 48.8 Å². The maximum absolute atomic E-state index is 5.78. The molecule has 0 amide bonds. The molecular weight excluding hydrogens is 246 g/mol. The van der Waals surface area contributed by atoms with Crippen LogP contribution in [0.1, 0.15) is 37.8 Å². The molecule has 0 aliphatic rings. The van der Waals surface area contributed by atoms with Crippen molar-refractivity contribution >= 4 is 0 Å². The Morgan fingerprint density at radius 1 is 0.900 bits per heavy atom. The Morgan fingerprint density at radius 2 is 1.55 bits per heavy atom. The summed E-state index contributed by atoms with van der Waals surface area (Å²) in [6.07, 6.45) is 7.24. The second-order valence-corrected chi connectivity index (χ2v) is 5.17. The first-order valence-corrected chi connectivity index (χ1v) is 7.42. The molecule has 0 bridgehead atoms. The molecule has 0 fully saturated rings. The number of benzene rings is 1. The van der Waals surface area contributed by atoms with Gasteiger partial charge in [-0.2, -0.15) is 0 Å². The molecule has 0 spiro atoms.